The van der Waals surface area contributed by atoms with Crippen LogP contribution in [0.2, 0.25) is 0 Å². The molecule has 0 aliphatic heterocycles. The zero-order chi connectivity index (χ0) is 14.0. The molecule has 5 N–H and O–H groups in total. The van der Waals surface area contributed by atoms with E-state index in [4.69, 9.17) is 15.6 Å². The standard InChI is InChI=1S/C10H19N3O5/c1-18-6-4-7(9(15)16)13-10(17)12-5-2-3-8(11)14/h7H,2-6H2,1H3,(H2,11,14)(H,15,16)(H2,12,13,17). The van der Waals surface area contributed by atoms with Gasteiger partial charge in [0.05, 0.1) is 0 Å². The smallest absolute Gasteiger partial charge is 0.326 e. The van der Waals surface area contributed by atoms with Crippen LogP contribution < -0.4 is 16.4 Å². The van der Waals surface area contributed by atoms with Crippen molar-refractivity contribution in [3.05, 3.63) is 0 Å². The molecule has 8 nitrogen and oxygen atoms in total. The van der Waals surface area contributed by atoms with Crippen LogP contribution in [0.3, 0.4) is 0 Å². The SMILES string of the molecule is COCCC(NC(=O)NCCCC(N)=O)C(=O)O. The Morgan fingerprint density at radius 1 is 1.39 bits per heavy atom. The summed E-state index contributed by atoms with van der Waals surface area (Å²) in [6.45, 7) is 0.490. The zero-order valence-electron chi connectivity index (χ0n) is 10.3. The molecular formula is C10H19N3O5. The highest BCUT2D eigenvalue weighted by Crippen LogP contribution is 1.93. The number of carboxylic acid groups (broad SMARTS) is 1. The molecule has 8 heteroatoms. The van der Waals surface area contributed by atoms with E-state index in [1.165, 1.54) is 7.11 Å². The van der Waals surface area contributed by atoms with Crippen LogP contribution in [0, 0.1) is 0 Å². The topological polar surface area (TPSA) is 131 Å². The Morgan fingerprint density at radius 2 is 2.06 bits per heavy atom. The Hall–Kier alpha value is -1.83. The van der Waals surface area contributed by atoms with Crippen LogP contribution in [0.5, 0.6) is 0 Å². The van der Waals surface area contributed by atoms with Gasteiger partial charge in [0.15, 0.2) is 0 Å². The normalized spacial score (nSPS) is 11.6. The van der Waals surface area contributed by atoms with Crippen LogP contribution in [-0.4, -0.2) is 49.3 Å². The van der Waals surface area contributed by atoms with Crippen molar-refractivity contribution in [2.45, 2.75) is 25.3 Å². The van der Waals surface area contributed by atoms with Gasteiger partial charge < -0.3 is 26.2 Å². The monoisotopic (exact) mass is 261 g/mol. The van der Waals surface area contributed by atoms with Gasteiger partial charge in [-0.2, -0.15) is 0 Å². The number of amides is 3. The molecule has 0 saturated heterocycles. The second-order valence-electron chi connectivity index (χ2n) is 3.64. The summed E-state index contributed by atoms with van der Waals surface area (Å²) in [5.74, 6) is -1.57. The van der Waals surface area contributed by atoms with Gasteiger partial charge in [0.1, 0.15) is 6.04 Å². The first kappa shape index (κ1) is 16.2. The number of ether oxygens (including phenoxy) is 1. The molecule has 0 aromatic heterocycles. The fourth-order valence-corrected chi connectivity index (χ4v) is 1.17. The summed E-state index contributed by atoms with van der Waals surface area (Å²) in [6, 6.07) is -1.59. The molecule has 0 rings (SSSR count). The van der Waals surface area contributed by atoms with Crippen molar-refractivity contribution in [3.63, 3.8) is 0 Å². The number of aliphatic carboxylic acids is 1. The molecule has 0 aliphatic carbocycles. The van der Waals surface area contributed by atoms with E-state index in [9.17, 15) is 14.4 Å². The minimum absolute atomic E-state index is 0.173. The zero-order valence-corrected chi connectivity index (χ0v) is 10.3. The molecule has 1 unspecified atom stereocenters. The van der Waals surface area contributed by atoms with Crippen molar-refractivity contribution < 1.29 is 24.2 Å². The van der Waals surface area contributed by atoms with E-state index in [-0.39, 0.29) is 26.0 Å². The summed E-state index contributed by atoms with van der Waals surface area (Å²) in [5.41, 5.74) is 4.93. The average molecular weight is 261 g/mol. The van der Waals surface area contributed by atoms with Crippen molar-refractivity contribution in [1.29, 1.82) is 0 Å². The van der Waals surface area contributed by atoms with Crippen LogP contribution >= 0.6 is 0 Å². The number of carbonyl (C=O) groups excluding carboxylic acids is 2. The third kappa shape index (κ3) is 8.34. The molecule has 0 bridgehead atoms. The first-order chi connectivity index (χ1) is 8.47. The molecule has 0 aliphatic rings. The second-order valence-corrected chi connectivity index (χ2v) is 3.64. The Morgan fingerprint density at radius 3 is 2.56 bits per heavy atom. The molecule has 1 atom stereocenters. The van der Waals surface area contributed by atoms with E-state index in [2.05, 4.69) is 10.6 Å². The number of hydrogen-bond donors (Lipinski definition) is 4. The number of hydrogen-bond acceptors (Lipinski definition) is 4. The van der Waals surface area contributed by atoms with Crippen LogP contribution in [0.15, 0.2) is 0 Å². The maximum Gasteiger partial charge on any atom is 0.326 e. The summed E-state index contributed by atoms with van der Waals surface area (Å²) in [4.78, 5) is 32.6. The highest BCUT2D eigenvalue weighted by atomic mass is 16.5. The Kier molecular flexibility index (Phi) is 8.29. The van der Waals surface area contributed by atoms with Crippen molar-refractivity contribution in [2.75, 3.05) is 20.3 Å². The molecule has 104 valence electrons. The van der Waals surface area contributed by atoms with Gasteiger partial charge in [-0.15, -0.1) is 0 Å². The minimum atomic E-state index is -1.13. The van der Waals surface area contributed by atoms with Crippen LogP contribution in [0.1, 0.15) is 19.3 Å². The van der Waals surface area contributed by atoms with E-state index in [1.807, 2.05) is 0 Å². The van der Waals surface area contributed by atoms with E-state index in [1.54, 1.807) is 0 Å². The summed E-state index contributed by atoms with van der Waals surface area (Å²) in [7, 11) is 1.45. The van der Waals surface area contributed by atoms with Crippen molar-refractivity contribution >= 4 is 17.9 Å². The molecule has 0 spiro atoms. The third-order valence-corrected chi connectivity index (χ3v) is 2.10. The highest BCUT2D eigenvalue weighted by molar-refractivity contribution is 5.82. The first-order valence-corrected chi connectivity index (χ1v) is 5.51. The van der Waals surface area contributed by atoms with Gasteiger partial charge in [-0.1, -0.05) is 0 Å². The molecule has 0 aromatic rings. The van der Waals surface area contributed by atoms with Crippen LogP contribution in [-0.2, 0) is 14.3 Å². The maximum absolute atomic E-state index is 11.3. The predicted molar refractivity (Wildman–Crippen MR) is 62.9 cm³/mol. The largest absolute Gasteiger partial charge is 0.480 e. The van der Waals surface area contributed by atoms with Crippen molar-refractivity contribution in [2.24, 2.45) is 5.73 Å². The van der Waals surface area contributed by atoms with Gasteiger partial charge in [-0.25, -0.2) is 9.59 Å². The average Bonchev–Trinajstić information content (AvgIpc) is 2.29. The fraction of sp³-hybridized carbons (Fsp3) is 0.700. The number of nitrogens with one attached hydrogen (secondary N) is 2. The van der Waals surface area contributed by atoms with Gasteiger partial charge in [0.2, 0.25) is 5.91 Å². The lowest BCUT2D eigenvalue weighted by Gasteiger charge is -2.14. The van der Waals surface area contributed by atoms with Gasteiger partial charge >= 0.3 is 12.0 Å². The lowest BCUT2D eigenvalue weighted by Crippen LogP contribution is -2.46. The van der Waals surface area contributed by atoms with Crippen LogP contribution in [0.25, 0.3) is 0 Å². The quantitative estimate of drug-likeness (QED) is 0.397. The summed E-state index contributed by atoms with van der Waals surface area (Å²) in [5, 5.41) is 13.6. The Bertz CT molecular complexity index is 295. The summed E-state index contributed by atoms with van der Waals surface area (Å²) in [6.07, 6.45) is 0.769. The fourth-order valence-electron chi connectivity index (χ4n) is 1.17. The molecule has 0 heterocycles. The van der Waals surface area contributed by atoms with E-state index in [0.717, 1.165) is 0 Å². The first-order valence-electron chi connectivity index (χ1n) is 5.51. The van der Waals surface area contributed by atoms with Crippen LogP contribution in [0.4, 0.5) is 4.79 Å². The highest BCUT2D eigenvalue weighted by Gasteiger charge is 2.19. The summed E-state index contributed by atoms with van der Waals surface area (Å²) >= 11 is 0. The number of rotatable bonds is 9. The lowest BCUT2D eigenvalue weighted by atomic mass is 10.2. The minimum Gasteiger partial charge on any atom is -0.480 e. The molecule has 0 saturated carbocycles. The number of methoxy groups -OCH3 is 1. The lowest BCUT2D eigenvalue weighted by molar-refractivity contribution is -0.139. The van der Waals surface area contributed by atoms with Gasteiger partial charge in [0, 0.05) is 33.1 Å². The number of nitrogens with two attached hydrogens (primary N) is 1. The number of carbonyl (C=O) groups is 3. The van der Waals surface area contributed by atoms with E-state index >= 15 is 0 Å². The van der Waals surface area contributed by atoms with Gasteiger partial charge in [0.25, 0.3) is 0 Å². The van der Waals surface area contributed by atoms with Crippen molar-refractivity contribution in [3.8, 4) is 0 Å². The Balaban J connectivity index is 3.87. The molecular weight excluding hydrogens is 242 g/mol. The second kappa shape index (κ2) is 9.23. The molecule has 18 heavy (non-hydrogen) atoms. The Labute approximate surface area is 105 Å². The number of primary amides is 1. The molecule has 0 aromatic carbocycles. The van der Waals surface area contributed by atoms with Gasteiger partial charge in [-0.3, -0.25) is 4.79 Å². The van der Waals surface area contributed by atoms with E-state index < -0.39 is 23.9 Å². The molecule has 0 radical (unpaired) electrons. The predicted octanol–water partition coefficient (Wildman–Crippen LogP) is -0.959. The number of carboxylic acids is 1. The van der Waals surface area contributed by atoms with Crippen molar-refractivity contribution in [1.82, 2.24) is 10.6 Å². The summed E-state index contributed by atoms with van der Waals surface area (Å²) < 4.78 is 4.74. The maximum atomic E-state index is 11.3. The number of urea groups is 1. The van der Waals surface area contributed by atoms with Gasteiger partial charge in [-0.05, 0) is 6.42 Å². The molecule has 3 amide bonds. The van der Waals surface area contributed by atoms with E-state index in [0.29, 0.717) is 6.42 Å². The third-order valence-electron chi connectivity index (χ3n) is 2.10. The molecule has 0 fully saturated rings.